The number of carbonyl (C=O) groups is 4. The highest BCUT2D eigenvalue weighted by Crippen LogP contribution is 1.87. The van der Waals surface area contributed by atoms with Gasteiger partial charge in [0.1, 0.15) is 0 Å². The summed E-state index contributed by atoms with van der Waals surface area (Å²) >= 11 is 0. The summed E-state index contributed by atoms with van der Waals surface area (Å²) in [6, 6.07) is 0. The first kappa shape index (κ1) is 22.8. The molecule has 0 aliphatic heterocycles. The third-order valence-corrected chi connectivity index (χ3v) is 3.03. The van der Waals surface area contributed by atoms with Crippen molar-refractivity contribution in [2.24, 2.45) is 0 Å². The molecule has 0 radical (unpaired) electrons. The average molecular weight is 361 g/mol. The predicted octanol–water partition coefficient (Wildman–Crippen LogP) is -3.11. The van der Waals surface area contributed by atoms with E-state index >= 15 is 0 Å². The van der Waals surface area contributed by atoms with E-state index in [1.54, 1.807) is 0 Å². The SMILES string of the molecule is CNC(=O)CN(CCNCCNCC(=O)NCCC(=O)O)CC(=O)O. The molecular weight excluding hydrogens is 334 g/mol. The van der Waals surface area contributed by atoms with Crippen LogP contribution < -0.4 is 21.3 Å². The number of aliphatic carboxylic acids is 2. The third-order valence-electron chi connectivity index (χ3n) is 3.03. The molecule has 0 aliphatic rings. The number of amides is 2. The minimum atomic E-state index is -1.00. The molecule has 2 amide bonds. The largest absolute Gasteiger partial charge is 0.481 e. The van der Waals surface area contributed by atoms with Crippen molar-refractivity contribution >= 4 is 23.8 Å². The maximum Gasteiger partial charge on any atom is 0.317 e. The van der Waals surface area contributed by atoms with E-state index in [0.29, 0.717) is 26.2 Å². The molecule has 0 atom stereocenters. The Morgan fingerprint density at radius 3 is 2.12 bits per heavy atom. The molecule has 6 N–H and O–H groups in total. The number of nitrogens with one attached hydrogen (secondary N) is 4. The van der Waals surface area contributed by atoms with Crippen LogP contribution in [0.25, 0.3) is 0 Å². The third kappa shape index (κ3) is 15.1. The Morgan fingerprint density at radius 1 is 0.840 bits per heavy atom. The summed E-state index contributed by atoms with van der Waals surface area (Å²) < 4.78 is 0. The quantitative estimate of drug-likeness (QED) is 0.166. The van der Waals surface area contributed by atoms with Crippen molar-refractivity contribution in [3.8, 4) is 0 Å². The zero-order chi connectivity index (χ0) is 19.1. The highest BCUT2D eigenvalue weighted by Gasteiger charge is 2.12. The lowest BCUT2D eigenvalue weighted by Gasteiger charge is -2.19. The van der Waals surface area contributed by atoms with E-state index in [2.05, 4.69) is 21.3 Å². The van der Waals surface area contributed by atoms with Crippen LogP contribution in [0.2, 0.25) is 0 Å². The highest BCUT2D eigenvalue weighted by molar-refractivity contribution is 5.79. The highest BCUT2D eigenvalue weighted by atomic mass is 16.4. The molecule has 0 saturated heterocycles. The lowest BCUT2D eigenvalue weighted by molar-refractivity contribution is -0.139. The molecule has 25 heavy (non-hydrogen) atoms. The van der Waals surface area contributed by atoms with Crippen molar-refractivity contribution in [1.82, 2.24) is 26.2 Å². The summed E-state index contributed by atoms with van der Waals surface area (Å²) in [6.45, 7) is 1.95. The standard InChI is InChI=1S/C14H27N5O6/c1-15-12(21)9-19(10-14(24)25)7-6-16-4-5-17-8-11(20)18-3-2-13(22)23/h16-17H,2-10H2,1H3,(H,15,21)(H,18,20)(H,22,23)(H,24,25). The smallest absolute Gasteiger partial charge is 0.317 e. The molecule has 0 fully saturated rings. The monoisotopic (exact) mass is 361 g/mol. The van der Waals surface area contributed by atoms with Crippen molar-refractivity contribution in [3.63, 3.8) is 0 Å². The van der Waals surface area contributed by atoms with Gasteiger partial charge in [0.2, 0.25) is 11.8 Å². The lowest BCUT2D eigenvalue weighted by Crippen LogP contribution is -2.43. The molecule has 0 aromatic rings. The predicted molar refractivity (Wildman–Crippen MR) is 89.1 cm³/mol. The Hall–Kier alpha value is -2.24. The van der Waals surface area contributed by atoms with Crippen LogP contribution in [0, 0.1) is 0 Å². The summed E-state index contributed by atoms with van der Waals surface area (Å²) in [5.74, 6) is -2.50. The van der Waals surface area contributed by atoms with E-state index in [0.717, 1.165) is 0 Å². The van der Waals surface area contributed by atoms with Gasteiger partial charge in [0.25, 0.3) is 0 Å². The van der Waals surface area contributed by atoms with Crippen LogP contribution in [-0.4, -0.2) is 98.3 Å². The van der Waals surface area contributed by atoms with Gasteiger partial charge in [0.05, 0.1) is 26.1 Å². The fourth-order valence-electron chi connectivity index (χ4n) is 1.80. The van der Waals surface area contributed by atoms with Gasteiger partial charge in [-0.05, 0) is 0 Å². The number of carboxylic acid groups (broad SMARTS) is 2. The molecule has 0 aromatic carbocycles. The molecule has 0 bridgehead atoms. The van der Waals surface area contributed by atoms with E-state index < -0.39 is 11.9 Å². The topological polar surface area (TPSA) is 160 Å². The lowest BCUT2D eigenvalue weighted by atomic mass is 10.4. The molecule has 11 heteroatoms. The summed E-state index contributed by atoms with van der Waals surface area (Å²) in [5.41, 5.74) is 0. The molecule has 11 nitrogen and oxygen atoms in total. The first-order valence-corrected chi connectivity index (χ1v) is 7.89. The summed E-state index contributed by atoms with van der Waals surface area (Å²) in [4.78, 5) is 45.2. The number of carboxylic acids is 2. The second-order valence-electron chi connectivity index (χ2n) is 5.20. The zero-order valence-electron chi connectivity index (χ0n) is 14.3. The molecule has 144 valence electrons. The first-order valence-electron chi connectivity index (χ1n) is 7.89. The maximum atomic E-state index is 11.3. The first-order chi connectivity index (χ1) is 11.8. The zero-order valence-corrected chi connectivity index (χ0v) is 14.3. The Morgan fingerprint density at radius 2 is 1.52 bits per heavy atom. The van der Waals surface area contributed by atoms with Crippen molar-refractivity contribution < 1.29 is 29.4 Å². The maximum absolute atomic E-state index is 11.3. The number of nitrogens with zero attached hydrogens (tertiary/aromatic N) is 1. The van der Waals surface area contributed by atoms with Gasteiger partial charge in [0.15, 0.2) is 0 Å². The van der Waals surface area contributed by atoms with E-state index in [9.17, 15) is 19.2 Å². The Kier molecular flexibility index (Phi) is 12.9. The number of carbonyl (C=O) groups excluding carboxylic acids is 2. The number of rotatable bonds is 15. The molecule has 0 unspecified atom stereocenters. The Bertz CT molecular complexity index is 445. The number of hydrogen-bond donors (Lipinski definition) is 6. The summed E-state index contributed by atoms with van der Waals surface area (Å²) in [6.07, 6.45) is -0.115. The second-order valence-corrected chi connectivity index (χ2v) is 5.20. The molecule has 0 rings (SSSR count). The number of likely N-dealkylation sites (N-methyl/N-ethyl adjacent to an activating group) is 1. The average Bonchev–Trinajstić information content (AvgIpc) is 2.52. The van der Waals surface area contributed by atoms with E-state index in [-0.39, 0.29) is 44.4 Å². The molecule has 0 spiro atoms. The van der Waals surface area contributed by atoms with Crippen LogP contribution in [0.4, 0.5) is 0 Å². The van der Waals surface area contributed by atoms with Crippen molar-refractivity contribution in [2.45, 2.75) is 6.42 Å². The summed E-state index contributed by atoms with van der Waals surface area (Å²) in [7, 11) is 1.49. The van der Waals surface area contributed by atoms with Gasteiger partial charge >= 0.3 is 11.9 Å². The van der Waals surface area contributed by atoms with E-state index in [1.165, 1.54) is 11.9 Å². The fourth-order valence-corrected chi connectivity index (χ4v) is 1.80. The minimum Gasteiger partial charge on any atom is -0.481 e. The van der Waals surface area contributed by atoms with Gasteiger partial charge < -0.3 is 31.5 Å². The van der Waals surface area contributed by atoms with Crippen LogP contribution in [0.3, 0.4) is 0 Å². The number of hydrogen-bond acceptors (Lipinski definition) is 7. The van der Waals surface area contributed by atoms with Crippen molar-refractivity contribution in [3.05, 3.63) is 0 Å². The van der Waals surface area contributed by atoms with E-state index in [1.807, 2.05) is 0 Å². The van der Waals surface area contributed by atoms with Crippen LogP contribution in [0.5, 0.6) is 0 Å². The Balaban J connectivity index is 3.71. The van der Waals surface area contributed by atoms with Crippen LogP contribution in [0.15, 0.2) is 0 Å². The van der Waals surface area contributed by atoms with Crippen LogP contribution in [0.1, 0.15) is 6.42 Å². The van der Waals surface area contributed by atoms with E-state index in [4.69, 9.17) is 10.2 Å². The molecule has 0 aromatic heterocycles. The molecule has 0 heterocycles. The van der Waals surface area contributed by atoms with Gasteiger partial charge in [0, 0.05) is 39.8 Å². The second kappa shape index (κ2) is 14.1. The Labute approximate surface area is 146 Å². The normalized spacial score (nSPS) is 10.5. The van der Waals surface area contributed by atoms with Crippen molar-refractivity contribution in [1.29, 1.82) is 0 Å². The van der Waals surface area contributed by atoms with Crippen molar-refractivity contribution in [2.75, 3.05) is 59.4 Å². The molecule has 0 saturated carbocycles. The van der Waals surface area contributed by atoms with Gasteiger partial charge in [-0.1, -0.05) is 0 Å². The van der Waals surface area contributed by atoms with Gasteiger partial charge in [-0.3, -0.25) is 24.1 Å². The fraction of sp³-hybridized carbons (Fsp3) is 0.714. The van der Waals surface area contributed by atoms with Gasteiger partial charge in [-0.25, -0.2) is 0 Å². The molecule has 0 aliphatic carbocycles. The minimum absolute atomic E-state index is 0.0131. The summed E-state index contributed by atoms with van der Waals surface area (Å²) in [5, 5.41) is 28.1. The van der Waals surface area contributed by atoms with Gasteiger partial charge in [-0.15, -0.1) is 0 Å². The van der Waals surface area contributed by atoms with Crippen LogP contribution >= 0.6 is 0 Å². The van der Waals surface area contributed by atoms with Crippen LogP contribution in [-0.2, 0) is 19.2 Å². The van der Waals surface area contributed by atoms with Gasteiger partial charge in [-0.2, -0.15) is 0 Å². The molecular formula is C14H27N5O6.